The summed E-state index contributed by atoms with van der Waals surface area (Å²) in [4.78, 5) is 69.5. The fraction of sp³-hybridized carbons (Fsp3) is 0.571. The molecule has 248 valence electrons. The molecule has 16 heteroatoms. The molecule has 0 spiro atoms. The maximum atomic E-state index is 12.7. The Hall–Kier alpha value is -3.50. The number of carboxylic acid groups (broad SMARTS) is 2. The van der Waals surface area contributed by atoms with Gasteiger partial charge in [0.05, 0.1) is 5.41 Å². The average molecular weight is 659 g/mol. The quantitative estimate of drug-likeness (QED) is 0.0591. The largest absolute Gasteiger partial charge is 0.481 e. The number of amides is 4. The Morgan fingerprint density at radius 2 is 1.50 bits per heavy atom. The van der Waals surface area contributed by atoms with Crippen molar-refractivity contribution in [3.8, 4) is 0 Å². The number of nitrogens with two attached hydrogens (primary N) is 1. The van der Waals surface area contributed by atoms with Gasteiger partial charge in [-0.25, -0.2) is 8.92 Å². The molecule has 0 aromatic heterocycles. The molecule has 1 unspecified atom stereocenters. The summed E-state index contributed by atoms with van der Waals surface area (Å²) in [6.07, 6.45) is 0.217. The highest BCUT2D eigenvalue weighted by Gasteiger charge is 2.40. The first kappa shape index (κ1) is 40.5. The molecule has 1 aromatic carbocycles. The third-order valence-electron chi connectivity index (χ3n) is 6.05. The summed E-state index contributed by atoms with van der Waals surface area (Å²) in [6, 6.07) is 5.78. The van der Waals surface area contributed by atoms with Crippen molar-refractivity contribution in [3.63, 3.8) is 0 Å². The molecule has 0 radical (unpaired) electrons. The van der Waals surface area contributed by atoms with Gasteiger partial charge in [0.1, 0.15) is 6.04 Å². The number of thiol groups is 1. The highest BCUT2D eigenvalue weighted by atomic mass is 32.2. The Kier molecular flexibility index (Phi) is 18.8. The van der Waals surface area contributed by atoms with Crippen LogP contribution in [0.1, 0.15) is 70.7 Å². The van der Waals surface area contributed by atoms with E-state index in [9.17, 15) is 39.0 Å². The fourth-order valence-corrected chi connectivity index (χ4v) is 4.46. The summed E-state index contributed by atoms with van der Waals surface area (Å²) in [5.41, 5.74) is 3.57. The van der Waals surface area contributed by atoms with E-state index in [1.807, 2.05) is 12.1 Å². The van der Waals surface area contributed by atoms with Crippen LogP contribution in [0.4, 0.5) is 5.69 Å². The van der Waals surface area contributed by atoms with Crippen LogP contribution in [0, 0.1) is 10.8 Å². The number of rotatable bonds is 19. The number of hydrogen-bond donors (Lipinski definition) is 9. The van der Waals surface area contributed by atoms with Crippen molar-refractivity contribution in [1.82, 2.24) is 20.1 Å². The van der Waals surface area contributed by atoms with Crippen LogP contribution in [-0.2, 0) is 24.0 Å². The third kappa shape index (κ3) is 17.6. The molecule has 44 heavy (non-hydrogen) atoms. The van der Waals surface area contributed by atoms with Gasteiger partial charge < -0.3 is 37.2 Å². The van der Waals surface area contributed by atoms with Gasteiger partial charge in [-0.3, -0.25) is 24.0 Å². The van der Waals surface area contributed by atoms with Crippen LogP contribution in [0.2, 0.25) is 0 Å². The first-order valence-electron chi connectivity index (χ1n) is 13.9. The van der Waals surface area contributed by atoms with Crippen molar-refractivity contribution in [2.75, 3.05) is 30.7 Å². The van der Waals surface area contributed by atoms with Crippen molar-refractivity contribution in [2.45, 2.75) is 66.3 Å². The number of benzene rings is 1. The molecule has 1 atom stereocenters. The minimum atomic E-state index is -1.30. The zero-order valence-corrected chi connectivity index (χ0v) is 27.5. The molecular formula is C28H46N6O8S2. The zero-order valence-electron chi connectivity index (χ0n) is 25.8. The van der Waals surface area contributed by atoms with Gasteiger partial charge in [0.15, 0.2) is 0 Å². The van der Waals surface area contributed by atoms with Crippen molar-refractivity contribution in [2.24, 2.45) is 16.6 Å². The normalized spacial score (nSPS) is 11.7. The van der Waals surface area contributed by atoms with Gasteiger partial charge in [-0.1, -0.05) is 38.6 Å². The lowest BCUT2D eigenvalue weighted by Crippen LogP contribution is -2.48. The van der Waals surface area contributed by atoms with Crippen LogP contribution < -0.4 is 31.1 Å². The Morgan fingerprint density at radius 3 is 2.02 bits per heavy atom. The molecule has 0 bridgehead atoms. The summed E-state index contributed by atoms with van der Waals surface area (Å²) in [7, 11) is 0. The number of carboxylic acids is 2. The Labute approximate surface area is 268 Å². The van der Waals surface area contributed by atoms with E-state index in [1.165, 1.54) is 32.7 Å². The number of aliphatic carboxylic acids is 2. The van der Waals surface area contributed by atoms with Crippen molar-refractivity contribution in [1.29, 1.82) is 0 Å². The molecule has 1 aromatic rings. The van der Waals surface area contributed by atoms with E-state index in [2.05, 4.69) is 43.9 Å². The number of anilines is 1. The Balaban J connectivity index is 0.00000433. The van der Waals surface area contributed by atoms with Crippen LogP contribution in [-0.4, -0.2) is 77.2 Å². The third-order valence-corrected chi connectivity index (χ3v) is 6.97. The second-order valence-corrected chi connectivity index (χ2v) is 12.6. The number of primary amides is 1. The van der Waals surface area contributed by atoms with Crippen molar-refractivity contribution < 1.29 is 39.0 Å². The molecule has 14 nitrogen and oxygen atoms in total. The van der Waals surface area contributed by atoms with E-state index < -0.39 is 34.7 Å². The molecule has 0 aliphatic rings. The first-order chi connectivity index (χ1) is 20.4. The molecular weight excluding hydrogens is 612 g/mol. The van der Waals surface area contributed by atoms with Crippen LogP contribution in [0.3, 0.4) is 0 Å². The standard InChI is InChI=1S/C26H41N5O7S2.C2H5NO/c1-25(2,16-26(3,4)24(37)38)23(36)30-19(22(34)35)10-11-20(32)28-12-5-13-29-21(33)17-6-8-18(9-7-17)27-14-15-40-31-39;1-2(3)4/h6-9,19,27,31,39H,5,10-16H2,1-4H3,(H,28,32)(H,29,33)(H,30,36)(H,34,35)(H,37,38);1H3,(H2,3,4). The van der Waals surface area contributed by atoms with E-state index in [-0.39, 0.29) is 43.5 Å². The lowest BCUT2D eigenvalue weighted by atomic mass is 9.74. The summed E-state index contributed by atoms with van der Waals surface area (Å²) in [5, 5.41) is 29.9. The van der Waals surface area contributed by atoms with Crippen LogP contribution in [0.15, 0.2) is 24.3 Å². The molecule has 0 fully saturated rings. The van der Waals surface area contributed by atoms with Gasteiger partial charge in [0.2, 0.25) is 17.7 Å². The predicted octanol–water partition coefficient (Wildman–Crippen LogP) is 1.79. The van der Waals surface area contributed by atoms with Gasteiger partial charge in [-0.15, -0.1) is 0 Å². The summed E-state index contributed by atoms with van der Waals surface area (Å²) >= 11 is 5.37. The summed E-state index contributed by atoms with van der Waals surface area (Å²) in [5.74, 6) is -3.07. The molecule has 0 heterocycles. The van der Waals surface area contributed by atoms with E-state index in [0.717, 1.165) is 18.0 Å². The summed E-state index contributed by atoms with van der Waals surface area (Å²) < 4.78 is 2.69. The van der Waals surface area contributed by atoms with E-state index in [1.54, 1.807) is 26.0 Å². The van der Waals surface area contributed by atoms with Crippen LogP contribution >= 0.6 is 24.8 Å². The highest BCUT2D eigenvalue weighted by molar-refractivity contribution is 8.06. The summed E-state index contributed by atoms with van der Waals surface area (Å²) in [6.45, 7) is 8.76. The van der Waals surface area contributed by atoms with Crippen LogP contribution in [0.25, 0.3) is 0 Å². The zero-order chi connectivity index (χ0) is 33.9. The molecule has 1 rings (SSSR count). The maximum absolute atomic E-state index is 12.7. The Morgan fingerprint density at radius 1 is 0.932 bits per heavy atom. The number of nitrogens with one attached hydrogen (secondary N) is 5. The van der Waals surface area contributed by atoms with Crippen molar-refractivity contribution in [3.05, 3.63) is 29.8 Å². The SMILES string of the molecule is CC(C)(CC(C)(C)C(=O)NC(CCC(=O)NCCCNC(=O)c1ccc(NCCSNS)cc1)C(=O)O)C(=O)O.CC(N)=O. The first-order valence-corrected chi connectivity index (χ1v) is 15.3. The van der Waals surface area contributed by atoms with Gasteiger partial charge >= 0.3 is 11.9 Å². The number of carbonyl (C=O) groups excluding carboxylic acids is 4. The average Bonchev–Trinajstić information content (AvgIpc) is 2.92. The van der Waals surface area contributed by atoms with E-state index >= 15 is 0 Å². The second kappa shape index (κ2) is 20.5. The lowest BCUT2D eigenvalue weighted by molar-refractivity contribution is -0.151. The molecule has 0 saturated heterocycles. The van der Waals surface area contributed by atoms with Gasteiger partial charge in [0.25, 0.3) is 5.91 Å². The minimum absolute atomic E-state index is 0.00142. The Bertz CT molecular complexity index is 1110. The molecule has 0 aliphatic carbocycles. The topological polar surface area (TPSA) is 229 Å². The minimum Gasteiger partial charge on any atom is -0.481 e. The second-order valence-electron chi connectivity index (χ2n) is 11.2. The maximum Gasteiger partial charge on any atom is 0.326 e. The molecule has 9 N–H and O–H groups in total. The smallest absolute Gasteiger partial charge is 0.326 e. The lowest BCUT2D eigenvalue weighted by Gasteiger charge is -2.32. The fourth-order valence-electron chi connectivity index (χ4n) is 3.89. The van der Waals surface area contributed by atoms with E-state index in [0.29, 0.717) is 18.5 Å². The molecule has 0 saturated carbocycles. The number of carbonyl (C=O) groups is 6. The van der Waals surface area contributed by atoms with Gasteiger partial charge in [0, 0.05) is 55.4 Å². The number of hydrogen-bond acceptors (Lipinski definition) is 10. The van der Waals surface area contributed by atoms with Gasteiger partial charge in [-0.05, 0) is 57.4 Å². The van der Waals surface area contributed by atoms with Gasteiger partial charge in [-0.2, -0.15) is 0 Å². The highest BCUT2D eigenvalue weighted by Crippen LogP contribution is 2.34. The monoisotopic (exact) mass is 658 g/mol. The van der Waals surface area contributed by atoms with Crippen molar-refractivity contribution >= 4 is 66.0 Å². The van der Waals surface area contributed by atoms with E-state index in [4.69, 9.17) is 0 Å². The molecule has 4 amide bonds. The predicted molar refractivity (Wildman–Crippen MR) is 173 cm³/mol. The van der Waals surface area contributed by atoms with Crippen LogP contribution in [0.5, 0.6) is 0 Å². The molecule has 0 aliphatic heterocycles.